The standard InChI is InChI=1S/C22H29N3O4/c26-22(23-18-5-7-19(8-6-18)25-9-13-27-14-10-25)17-24(15-20-3-1-11-28-20)16-21-4-2-12-29-21/h1,3,5-8,11,21H,2,4,9-10,12-17H2,(H,23,26). The zero-order valence-corrected chi connectivity index (χ0v) is 16.7. The zero-order valence-electron chi connectivity index (χ0n) is 16.7. The lowest BCUT2D eigenvalue weighted by Crippen LogP contribution is -2.38. The van der Waals surface area contributed by atoms with E-state index >= 15 is 0 Å². The Bertz CT molecular complexity index is 751. The molecule has 1 atom stereocenters. The molecule has 7 nitrogen and oxygen atoms in total. The normalized spacial score (nSPS) is 19.6. The van der Waals surface area contributed by atoms with Crippen LogP contribution in [0, 0.1) is 0 Å². The topological polar surface area (TPSA) is 67.2 Å². The summed E-state index contributed by atoms with van der Waals surface area (Å²) in [6.07, 6.45) is 3.97. The second kappa shape index (κ2) is 9.91. The Hall–Kier alpha value is -2.35. The molecule has 2 aliphatic heterocycles. The van der Waals surface area contributed by atoms with Gasteiger partial charge in [-0.05, 0) is 49.2 Å². The molecule has 1 aromatic heterocycles. The molecule has 2 aliphatic rings. The van der Waals surface area contributed by atoms with Crippen molar-refractivity contribution in [1.82, 2.24) is 4.90 Å². The molecule has 3 heterocycles. The van der Waals surface area contributed by atoms with Crippen LogP contribution in [0.1, 0.15) is 18.6 Å². The summed E-state index contributed by atoms with van der Waals surface area (Å²) in [6.45, 7) is 5.74. The number of carbonyl (C=O) groups is 1. The van der Waals surface area contributed by atoms with Crippen LogP contribution in [0.2, 0.25) is 0 Å². The first-order valence-electron chi connectivity index (χ1n) is 10.4. The molecule has 0 spiro atoms. The summed E-state index contributed by atoms with van der Waals surface area (Å²) in [5, 5.41) is 3.01. The van der Waals surface area contributed by atoms with Gasteiger partial charge in [0.1, 0.15) is 5.76 Å². The fraction of sp³-hybridized carbons (Fsp3) is 0.500. The molecule has 1 aromatic carbocycles. The smallest absolute Gasteiger partial charge is 0.238 e. The molecule has 0 aliphatic carbocycles. The Balaban J connectivity index is 1.32. The van der Waals surface area contributed by atoms with Gasteiger partial charge in [0.15, 0.2) is 0 Å². The Morgan fingerprint density at radius 3 is 2.66 bits per heavy atom. The predicted octanol–water partition coefficient (Wildman–Crippen LogP) is 2.74. The van der Waals surface area contributed by atoms with Crippen molar-refractivity contribution in [2.24, 2.45) is 0 Å². The number of benzene rings is 1. The minimum absolute atomic E-state index is 0.0336. The van der Waals surface area contributed by atoms with Gasteiger partial charge in [-0.25, -0.2) is 0 Å². The largest absolute Gasteiger partial charge is 0.468 e. The fourth-order valence-electron chi connectivity index (χ4n) is 3.86. The van der Waals surface area contributed by atoms with Crippen LogP contribution in [0.25, 0.3) is 0 Å². The number of ether oxygens (including phenoxy) is 2. The Morgan fingerprint density at radius 2 is 1.97 bits per heavy atom. The average Bonchev–Trinajstić information content (AvgIpc) is 3.43. The molecule has 2 saturated heterocycles. The van der Waals surface area contributed by atoms with E-state index in [0.717, 1.165) is 69.4 Å². The third-order valence-corrected chi connectivity index (χ3v) is 5.34. The molecule has 2 fully saturated rings. The summed E-state index contributed by atoms with van der Waals surface area (Å²) >= 11 is 0. The number of carbonyl (C=O) groups excluding carboxylic acids is 1. The fourth-order valence-corrected chi connectivity index (χ4v) is 3.86. The average molecular weight is 399 g/mol. The van der Waals surface area contributed by atoms with Gasteiger partial charge >= 0.3 is 0 Å². The highest BCUT2D eigenvalue weighted by Crippen LogP contribution is 2.19. The van der Waals surface area contributed by atoms with E-state index in [9.17, 15) is 4.79 Å². The zero-order chi connectivity index (χ0) is 19.9. The van der Waals surface area contributed by atoms with Crippen LogP contribution in [-0.2, 0) is 20.8 Å². The maximum atomic E-state index is 12.7. The molecular formula is C22H29N3O4. The summed E-state index contributed by atoms with van der Waals surface area (Å²) in [5.41, 5.74) is 1.96. The van der Waals surface area contributed by atoms with E-state index < -0.39 is 0 Å². The SMILES string of the molecule is O=C(CN(Cc1ccco1)CC1CCCO1)Nc1ccc(N2CCOCC2)cc1. The maximum Gasteiger partial charge on any atom is 0.238 e. The highest BCUT2D eigenvalue weighted by Gasteiger charge is 2.22. The molecule has 0 radical (unpaired) electrons. The van der Waals surface area contributed by atoms with Gasteiger partial charge in [-0.2, -0.15) is 0 Å². The van der Waals surface area contributed by atoms with Gasteiger partial charge in [-0.1, -0.05) is 0 Å². The van der Waals surface area contributed by atoms with E-state index in [-0.39, 0.29) is 12.0 Å². The quantitative estimate of drug-likeness (QED) is 0.736. The van der Waals surface area contributed by atoms with E-state index in [1.54, 1.807) is 6.26 Å². The molecule has 1 unspecified atom stereocenters. The summed E-state index contributed by atoms with van der Waals surface area (Å²) < 4.78 is 16.6. The number of nitrogens with one attached hydrogen (secondary N) is 1. The number of nitrogens with zero attached hydrogens (tertiary/aromatic N) is 2. The van der Waals surface area contributed by atoms with Crippen LogP contribution < -0.4 is 10.2 Å². The van der Waals surface area contributed by atoms with Crippen molar-refractivity contribution in [3.05, 3.63) is 48.4 Å². The van der Waals surface area contributed by atoms with Crippen molar-refractivity contribution in [3.63, 3.8) is 0 Å². The number of anilines is 2. The predicted molar refractivity (Wildman–Crippen MR) is 111 cm³/mol. The first kappa shape index (κ1) is 19.9. The second-order valence-electron chi connectivity index (χ2n) is 7.58. The molecule has 0 bridgehead atoms. The van der Waals surface area contributed by atoms with Gasteiger partial charge in [0.05, 0.1) is 38.7 Å². The van der Waals surface area contributed by atoms with E-state index in [2.05, 4.69) is 15.1 Å². The summed E-state index contributed by atoms with van der Waals surface area (Å²) in [6, 6.07) is 11.8. The maximum absolute atomic E-state index is 12.7. The highest BCUT2D eigenvalue weighted by molar-refractivity contribution is 5.92. The van der Waals surface area contributed by atoms with Crippen molar-refractivity contribution in [1.29, 1.82) is 0 Å². The van der Waals surface area contributed by atoms with Crippen molar-refractivity contribution < 1.29 is 18.7 Å². The number of rotatable bonds is 8. The van der Waals surface area contributed by atoms with Crippen molar-refractivity contribution in [2.45, 2.75) is 25.5 Å². The van der Waals surface area contributed by atoms with Crippen LogP contribution in [0.3, 0.4) is 0 Å². The lowest BCUT2D eigenvalue weighted by atomic mass is 10.2. The molecule has 29 heavy (non-hydrogen) atoms. The molecule has 156 valence electrons. The number of furan rings is 1. The molecule has 0 saturated carbocycles. The van der Waals surface area contributed by atoms with E-state index in [0.29, 0.717) is 13.1 Å². The monoisotopic (exact) mass is 399 g/mol. The third-order valence-electron chi connectivity index (χ3n) is 5.34. The van der Waals surface area contributed by atoms with Crippen LogP contribution in [0.4, 0.5) is 11.4 Å². The van der Waals surface area contributed by atoms with Crippen molar-refractivity contribution in [3.8, 4) is 0 Å². The van der Waals surface area contributed by atoms with Crippen molar-refractivity contribution >= 4 is 17.3 Å². The first-order chi connectivity index (χ1) is 14.3. The Kier molecular flexibility index (Phi) is 6.82. The number of hydrogen-bond donors (Lipinski definition) is 1. The van der Waals surface area contributed by atoms with E-state index in [1.165, 1.54) is 0 Å². The third kappa shape index (κ3) is 5.82. The molecule has 1 N–H and O–H groups in total. The van der Waals surface area contributed by atoms with E-state index in [1.807, 2.05) is 36.4 Å². The molecule has 7 heteroatoms. The van der Waals surface area contributed by atoms with Crippen molar-refractivity contribution in [2.75, 3.05) is 56.2 Å². The highest BCUT2D eigenvalue weighted by atomic mass is 16.5. The number of amides is 1. The van der Waals surface area contributed by atoms with Gasteiger partial charge in [-0.3, -0.25) is 9.69 Å². The van der Waals surface area contributed by atoms with Gasteiger partial charge in [-0.15, -0.1) is 0 Å². The number of hydrogen-bond acceptors (Lipinski definition) is 6. The van der Waals surface area contributed by atoms with Gasteiger partial charge < -0.3 is 24.1 Å². The van der Waals surface area contributed by atoms with Crippen LogP contribution in [0.5, 0.6) is 0 Å². The molecule has 4 rings (SSSR count). The van der Waals surface area contributed by atoms with Crippen LogP contribution in [-0.4, -0.2) is 62.9 Å². The van der Waals surface area contributed by atoms with Gasteiger partial charge in [0, 0.05) is 37.6 Å². The van der Waals surface area contributed by atoms with Gasteiger partial charge in [0.25, 0.3) is 0 Å². The summed E-state index contributed by atoms with van der Waals surface area (Å²) in [7, 11) is 0. The molecule has 1 amide bonds. The van der Waals surface area contributed by atoms with Crippen LogP contribution >= 0.6 is 0 Å². The second-order valence-corrected chi connectivity index (χ2v) is 7.58. The Morgan fingerprint density at radius 1 is 1.14 bits per heavy atom. The lowest BCUT2D eigenvalue weighted by molar-refractivity contribution is -0.117. The number of morpholine rings is 1. The molecule has 2 aromatic rings. The molecular weight excluding hydrogens is 370 g/mol. The minimum atomic E-state index is -0.0336. The summed E-state index contributed by atoms with van der Waals surface area (Å²) in [4.78, 5) is 17.0. The Labute approximate surface area is 171 Å². The minimum Gasteiger partial charge on any atom is -0.468 e. The van der Waals surface area contributed by atoms with E-state index in [4.69, 9.17) is 13.9 Å². The van der Waals surface area contributed by atoms with Crippen LogP contribution in [0.15, 0.2) is 47.1 Å². The lowest BCUT2D eigenvalue weighted by Gasteiger charge is -2.29. The first-order valence-corrected chi connectivity index (χ1v) is 10.4. The van der Waals surface area contributed by atoms with Gasteiger partial charge in [0.2, 0.25) is 5.91 Å². The summed E-state index contributed by atoms with van der Waals surface area (Å²) in [5.74, 6) is 0.819.